The average Bonchev–Trinajstić information content (AvgIpc) is 2.41. The second-order valence-electron chi connectivity index (χ2n) is 4.61. The van der Waals surface area contributed by atoms with Crippen LogP contribution in [0.25, 0.3) is 0 Å². The van der Waals surface area contributed by atoms with E-state index in [1.807, 2.05) is 0 Å². The lowest BCUT2D eigenvalue weighted by atomic mass is 10.1. The smallest absolute Gasteiger partial charge is 0.253 e. The molecule has 0 aliphatic heterocycles. The van der Waals surface area contributed by atoms with E-state index in [-0.39, 0.29) is 17.1 Å². The molecule has 2 nitrogen and oxygen atoms in total. The lowest BCUT2D eigenvalue weighted by Gasteiger charge is -2.11. The van der Waals surface area contributed by atoms with E-state index in [0.29, 0.717) is 15.6 Å². The van der Waals surface area contributed by atoms with Gasteiger partial charge in [-0.25, -0.2) is 8.78 Å². The highest BCUT2D eigenvalue weighted by molar-refractivity contribution is 6.35. The number of nitrogens with one attached hydrogen (secondary N) is 1. The minimum atomic E-state index is -1.14. The summed E-state index contributed by atoms with van der Waals surface area (Å²) in [6.45, 7) is 1.90. The van der Waals surface area contributed by atoms with E-state index >= 15 is 0 Å². The summed E-state index contributed by atoms with van der Waals surface area (Å²) < 4.78 is 26.2. The lowest BCUT2D eigenvalue weighted by Crippen LogP contribution is -2.24. The molecular weight excluding hydrogens is 355 g/mol. The van der Waals surface area contributed by atoms with Gasteiger partial charge < -0.3 is 5.32 Å². The van der Waals surface area contributed by atoms with Crippen molar-refractivity contribution in [2.45, 2.75) is 13.5 Å². The van der Waals surface area contributed by atoms with Crippen LogP contribution in [0.2, 0.25) is 15.1 Å². The molecule has 2 aromatic rings. The molecule has 0 saturated carbocycles. The van der Waals surface area contributed by atoms with Crippen LogP contribution in [0.1, 0.15) is 21.5 Å². The summed E-state index contributed by atoms with van der Waals surface area (Å²) in [5.41, 5.74) is 1.33. The minimum Gasteiger partial charge on any atom is -0.348 e. The molecule has 0 atom stereocenters. The third-order valence-electron chi connectivity index (χ3n) is 3.06. The molecule has 0 saturated heterocycles. The summed E-state index contributed by atoms with van der Waals surface area (Å²) in [6, 6.07) is 4.78. The van der Waals surface area contributed by atoms with Crippen molar-refractivity contribution in [2.24, 2.45) is 0 Å². The maximum Gasteiger partial charge on any atom is 0.253 e. The normalized spacial score (nSPS) is 10.6. The summed E-state index contributed by atoms with van der Waals surface area (Å²) in [5, 5.41) is 3.28. The van der Waals surface area contributed by atoms with Gasteiger partial charge in [-0.2, -0.15) is 0 Å². The van der Waals surface area contributed by atoms with Gasteiger partial charge in [0.2, 0.25) is 0 Å². The molecule has 22 heavy (non-hydrogen) atoms. The van der Waals surface area contributed by atoms with Crippen LogP contribution < -0.4 is 5.32 Å². The van der Waals surface area contributed by atoms with Crippen LogP contribution in [-0.4, -0.2) is 5.91 Å². The Bertz CT molecular complexity index is 727. The number of carbonyl (C=O) groups excluding carboxylic acids is 1. The molecular formula is C15H10Cl3F2NO. The Kier molecular flexibility index (Phi) is 5.27. The second-order valence-corrected chi connectivity index (χ2v) is 5.86. The molecule has 0 fully saturated rings. The van der Waals surface area contributed by atoms with Crippen LogP contribution in [0.15, 0.2) is 24.3 Å². The van der Waals surface area contributed by atoms with Gasteiger partial charge in [-0.05, 0) is 42.3 Å². The summed E-state index contributed by atoms with van der Waals surface area (Å²) in [4.78, 5) is 12.0. The fraction of sp³-hybridized carbons (Fsp3) is 0.133. The number of carbonyl (C=O) groups is 1. The van der Waals surface area contributed by atoms with E-state index in [1.54, 1.807) is 19.1 Å². The Hall–Kier alpha value is -1.36. The summed E-state index contributed by atoms with van der Waals surface area (Å²) in [5.74, 6) is -2.89. The molecule has 0 heterocycles. The van der Waals surface area contributed by atoms with Crippen molar-refractivity contribution in [2.75, 3.05) is 0 Å². The molecule has 0 unspecified atom stereocenters. The van der Waals surface area contributed by atoms with Crippen LogP contribution >= 0.6 is 34.8 Å². The van der Waals surface area contributed by atoms with E-state index < -0.39 is 17.5 Å². The van der Waals surface area contributed by atoms with Crippen LogP contribution in [0.5, 0.6) is 0 Å². The van der Waals surface area contributed by atoms with Gasteiger partial charge in [-0.3, -0.25) is 4.79 Å². The monoisotopic (exact) mass is 363 g/mol. The number of amides is 1. The fourth-order valence-corrected chi connectivity index (χ4v) is 2.81. The molecule has 0 spiro atoms. The fourth-order valence-electron chi connectivity index (χ4n) is 1.92. The van der Waals surface area contributed by atoms with Gasteiger partial charge in [-0.1, -0.05) is 34.8 Å². The van der Waals surface area contributed by atoms with Gasteiger partial charge in [0.25, 0.3) is 5.91 Å². The standard InChI is InChI=1S/C15H10Cl3F2NO/c1-7-2-8(16)3-11(17)10(7)6-21-15(22)9-4-13(19)14(20)5-12(9)18/h2-5H,6H2,1H3,(H,21,22). The molecule has 2 rings (SSSR count). The van der Waals surface area contributed by atoms with E-state index in [9.17, 15) is 13.6 Å². The highest BCUT2D eigenvalue weighted by Crippen LogP contribution is 2.25. The van der Waals surface area contributed by atoms with E-state index in [2.05, 4.69) is 5.32 Å². The van der Waals surface area contributed by atoms with Gasteiger partial charge in [0.1, 0.15) is 0 Å². The molecule has 0 aliphatic rings. The predicted molar refractivity (Wildman–Crippen MR) is 83.7 cm³/mol. The number of hydrogen-bond donors (Lipinski definition) is 1. The van der Waals surface area contributed by atoms with E-state index in [1.165, 1.54) is 0 Å². The van der Waals surface area contributed by atoms with Crippen molar-refractivity contribution in [1.82, 2.24) is 5.32 Å². The van der Waals surface area contributed by atoms with Crippen molar-refractivity contribution in [3.05, 3.63) is 67.7 Å². The van der Waals surface area contributed by atoms with Crippen LogP contribution in [-0.2, 0) is 6.54 Å². The van der Waals surface area contributed by atoms with Gasteiger partial charge in [-0.15, -0.1) is 0 Å². The Morgan fingerprint density at radius 2 is 1.68 bits per heavy atom. The first-order valence-electron chi connectivity index (χ1n) is 6.17. The lowest BCUT2D eigenvalue weighted by molar-refractivity contribution is 0.0950. The zero-order valence-corrected chi connectivity index (χ0v) is 13.6. The Balaban J connectivity index is 2.19. The van der Waals surface area contributed by atoms with Gasteiger partial charge in [0.15, 0.2) is 11.6 Å². The zero-order chi connectivity index (χ0) is 16.4. The molecule has 116 valence electrons. The molecule has 0 bridgehead atoms. The number of aryl methyl sites for hydroxylation is 1. The van der Waals surface area contributed by atoms with Crippen LogP contribution in [0, 0.1) is 18.6 Å². The Morgan fingerprint density at radius 1 is 1.05 bits per heavy atom. The van der Waals surface area contributed by atoms with Crippen molar-refractivity contribution < 1.29 is 13.6 Å². The highest BCUT2D eigenvalue weighted by atomic mass is 35.5. The quantitative estimate of drug-likeness (QED) is 0.749. The highest BCUT2D eigenvalue weighted by Gasteiger charge is 2.15. The van der Waals surface area contributed by atoms with Crippen LogP contribution in [0.3, 0.4) is 0 Å². The third-order valence-corrected chi connectivity index (χ3v) is 3.93. The van der Waals surface area contributed by atoms with Crippen molar-refractivity contribution in [3.8, 4) is 0 Å². The summed E-state index contributed by atoms with van der Waals surface area (Å²) in [7, 11) is 0. The Labute approximate surface area is 141 Å². The third kappa shape index (κ3) is 3.69. The average molecular weight is 365 g/mol. The molecule has 1 N–H and O–H groups in total. The van der Waals surface area contributed by atoms with Gasteiger partial charge >= 0.3 is 0 Å². The molecule has 1 amide bonds. The van der Waals surface area contributed by atoms with Gasteiger partial charge in [0, 0.05) is 16.6 Å². The minimum absolute atomic E-state index is 0.107. The number of halogens is 5. The maximum absolute atomic E-state index is 13.2. The molecule has 2 aromatic carbocycles. The molecule has 0 radical (unpaired) electrons. The number of benzene rings is 2. The van der Waals surface area contributed by atoms with E-state index in [4.69, 9.17) is 34.8 Å². The zero-order valence-electron chi connectivity index (χ0n) is 11.3. The molecule has 0 aromatic heterocycles. The second kappa shape index (κ2) is 6.82. The van der Waals surface area contributed by atoms with Crippen LogP contribution in [0.4, 0.5) is 8.78 Å². The van der Waals surface area contributed by atoms with Crippen molar-refractivity contribution in [1.29, 1.82) is 0 Å². The summed E-state index contributed by atoms with van der Waals surface area (Å²) >= 11 is 17.7. The van der Waals surface area contributed by atoms with Crippen molar-refractivity contribution in [3.63, 3.8) is 0 Å². The van der Waals surface area contributed by atoms with E-state index in [0.717, 1.165) is 17.7 Å². The number of rotatable bonds is 3. The predicted octanol–water partition coefficient (Wildman–Crippen LogP) is 5.16. The van der Waals surface area contributed by atoms with Gasteiger partial charge in [0.05, 0.1) is 10.6 Å². The largest absolute Gasteiger partial charge is 0.348 e. The summed E-state index contributed by atoms with van der Waals surface area (Å²) in [6.07, 6.45) is 0. The van der Waals surface area contributed by atoms with Crippen molar-refractivity contribution >= 4 is 40.7 Å². The number of hydrogen-bond acceptors (Lipinski definition) is 1. The maximum atomic E-state index is 13.2. The first-order chi connectivity index (χ1) is 10.3. The first-order valence-corrected chi connectivity index (χ1v) is 7.30. The molecule has 7 heteroatoms. The SMILES string of the molecule is Cc1cc(Cl)cc(Cl)c1CNC(=O)c1cc(F)c(F)cc1Cl. The topological polar surface area (TPSA) is 29.1 Å². The first kappa shape index (κ1) is 17.0. The Morgan fingerprint density at radius 3 is 2.32 bits per heavy atom. The molecule has 0 aliphatic carbocycles.